The van der Waals surface area contributed by atoms with Crippen LogP contribution in [0.15, 0.2) is 24.7 Å². The number of aryl methyl sites for hydroxylation is 1. The Hall–Kier alpha value is -1.91. The van der Waals surface area contributed by atoms with Gasteiger partial charge in [-0.1, -0.05) is 0 Å². The Balaban J connectivity index is 2.46. The van der Waals surface area contributed by atoms with Crippen molar-refractivity contribution in [1.82, 2.24) is 20.0 Å². The van der Waals surface area contributed by atoms with Crippen LogP contribution in [0.25, 0.3) is 11.3 Å². The summed E-state index contributed by atoms with van der Waals surface area (Å²) < 4.78 is 0. The second kappa shape index (κ2) is 2.85. The third kappa shape index (κ3) is 1.48. The predicted molar refractivity (Wildman–Crippen MR) is 45.9 cm³/mol. The summed E-state index contributed by atoms with van der Waals surface area (Å²) in [5, 5.41) is 17.2. The molecule has 0 saturated carbocycles. The van der Waals surface area contributed by atoms with E-state index in [1.165, 1.54) is 11.0 Å². The van der Waals surface area contributed by atoms with E-state index in [0.717, 1.165) is 5.56 Å². The highest BCUT2D eigenvalue weighted by Crippen LogP contribution is 2.18. The average molecular weight is 176 g/mol. The topological polar surface area (TPSA) is 63.8 Å². The van der Waals surface area contributed by atoms with Crippen LogP contribution in [0.5, 0.6) is 5.75 Å². The van der Waals surface area contributed by atoms with Crippen LogP contribution in [-0.2, 0) is 7.05 Å². The lowest BCUT2D eigenvalue weighted by Crippen LogP contribution is -1.91. The molecule has 0 amide bonds. The molecule has 0 aliphatic heterocycles. The van der Waals surface area contributed by atoms with Gasteiger partial charge < -0.3 is 5.11 Å². The van der Waals surface area contributed by atoms with Crippen LogP contribution >= 0.6 is 0 Å². The van der Waals surface area contributed by atoms with E-state index in [1.54, 1.807) is 25.5 Å². The zero-order valence-corrected chi connectivity index (χ0v) is 7.05. The molecular weight excluding hydrogens is 168 g/mol. The van der Waals surface area contributed by atoms with Crippen LogP contribution in [0.3, 0.4) is 0 Å². The van der Waals surface area contributed by atoms with Crippen molar-refractivity contribution in [3.05, 3.63) is 24.7 Å². The maximum atomic E-state index is 9.16. The van der Waals surface area contributed by atoms with Crippen molar-refractivity contribution in [3.63, 3.8) is 0 Å². The van der Waals surface area contributed by atoms with Crippen molar-refractivity contribution in [2.75, 3.05) is 0 Å². The third-order valence-corrected chi connectivity index (χ3v) is 1.62. The molecule has 2 heterocycles. The number of nitrogens with zero attached hydrogens (tertiary/aromatic N) is 4. The molecule has 2 aromatic heterocycles. The fourth-order valence-corrected chi connectivity index (χ4v) is 1.05. The average Bonchev–Trinajstić information content (AvgIpc) is 2.52. The Morgan fingerprint density at radius 1 is 1.31 bits per heavy atom. The van der Waals surface area contributed by atoms with Gasteiger partial charge >= 0.3 is 0 Å². The Kier molecular flexibility index (Phi) is 1.70. The van der Waals surface area contributed by atoms with E-state index in [-0.39, 0.29) is 5.75 Å². The standard InChI is InChI=1S/C8H8N4O/c1-12-10-5-8(11-12)6-2-7(13)4-9-3-6/h2-5,13H,1H3. The van der Waals surface area contributed by atoms with E-state index in [9.17, 15) is 0 Å². The Morgan fingerprint density at radius 3 is 2.77 bits per heavy atom. The van der Waals surface area contributed by atoms with Crippen LogP contribution < -0.4 is 0 Å². The smallest absolute Gasteiger partial charge is 0.134 e. The summed E-state index contributed by atoms with van der Waals surface area (Å²) in [5.74, 6) is 0.128. The van der Waals surface area contributed by atoms with Gasteiger partial charge in [0.1, 0.15) is 11.4 Å². The monoisotopic (exact) mass is 176 g/mol. The summed E-state index contributed by atoms with van der Waals surface area (Å²) in [5.41, 5.74) is 1.46. The van der Waals surface area contributed by atoms with Crippen molar-refractivity contribution in [1.29, 1.82) is 0 Å². The first-order valence-corrected chi connectivity index (χ1v) is 3.76. The van der Waals surface area contributed by atoms with Gasteiger partial charge in [-0.15, -0.1) is 0 Å². The molecule has 0 aromatic carbocycles. The summed E-state index contributed by atoms with van der Waals surface area (Å²) in [7, 11) is 1.74. The predicted octanol–water partition coefficient (Wildman–Crippen LogP) is 0.583. The lowest BCUT2D eigenvalue weighted by molar-refractivity contribution is 0.473. The molecule has 0 aliphatic carbocycles. The fraction of sp³-hybridized carbons (Fsp3) is 0.125. The summed E-state index contributed by atoms with van der Waals surface area (Å²) in [6, 6.07) is 1.59. The molecule has 0 bridgehead atoms. The van der Waals surface area contributed by atoms with Gasteiger partial charge in [0.05, 0.1) is 12.4 Å². The van der Waals surface area contributed by atoms with Crippen LogP contribution in [0.1, 0.15) is 0 Å². The van der Waals surface area contributed by atoms with Gasteiger partial charge in [-0.05, 0) is 6.07 Å². The highest BCUT2D eigenvalue weighted by atomic mass is 16.3. The van der Waals surface area contributed by atoms with Gasteiger partial charge in [0.2, 0.25) is 0 Å². The first-order valence-electron chi connectivity index (χ1n) is 3.76. The van der Waals surface area contributed by atoms with Crippen LogP contribution in [0.4, 0.5) is 0 Å². The third-order valence-electron chi connectivity index (χ3n) is 1.62. The Bertz CT molecular complexity index is 424. The molecule has 5 heteroatoms. The molecule has 0 unspecified atom stereocenters. The number of pyridine rings is 1. The van der Waals surface area contributed by atoms with Gasteiger partial charge in [0.15, 0.2) is 0 Å². The van der Waals surface area contributed by atoms with E-state index in [4.69, 9.17) is 5.11 Å². The maximum Gasteiger partial charge on any atom is 0.134 e. The van der Waals surface area contributed by atoms with E-state index >= 15 is 0 Å². The number of aromatic nitrogens is 4. The van der Waals surface area contributed by atoms with Crippen molar-refractivity contribution >= 4 is 0 Å². The van der Waals surface area contributed by atoms with E-state index < -0.39 is 0 Å². The minimum Gasteiger partial charge on any atom is -0.506 e. The molecular formula is C8H8N4O. The van der Waals surface area contributed by atoms with Gasteiger partial charge in [0, 0.05) is 18.8 Å². The normalized spacial score (nSPS) is 10.2. The van der Waals surface area contributed by atoms with Crippen LogP contribution in [0.2, 0.25) is 0 Å². The Labute approximate surface area is 74.7 Å². The van der Waals surface area contributed by atoms with Gasteiger partial charge in [-0.3, -0.25) is 4.98 Å². The lowest BCUT2D eigenvalue weighted by atomic mass is 10.2. The SMILES string of the molecule is Cn1ncc(-c2cncc(O)c2)n1. The zero-order chi connectivity index (χ0) is 9.26. The molecule has 0 radical (unpaired) electrons. The van der Waals surface area contributed by atoms with Crippen molar-refractivity contribution < 1.29 is 5.11 Å². The van der Waals surface area contributed by atoms with Gasteiger partial charge in [0.25, 0.3) is 0 Å². The molecule has 2 aromatic rings. The van der Waals surface area contributed by atoms with Crippen molar-refractivity contribution in [2.45, 2.75) is 0 Å². The molecule has 2 rings (SSSR count). The van der Waals surface area contributed by atoms with E-state index in [1.807, 2.05) is 0 Å². The van der Waals surface area contributed by atoms with Crippen LogP contribution in [-0.4, -0.2) is 25.1 Å². The van der Waals surface area contributed by atoms with E-state index in [2.05, 4.69) is 15.2 Å². The highest BCUT2D eigenvalue weighted by molar-refractivity contribution is 5.57. The van der Waals surface area contributed by atoms with Crippen molar-refractivity contribution in [2.24, 2.45) is 7.05 Å². The lowest BCUT2D eigenvalue weighted by Gasteiger charge is -1.94. The second-order valence-electron chi connectivity index (χ2n) is 2.65. The summed E-state index contributed by atoms with van der Waals surface area (Å²) in [4.78, 5) is 5.30. The molecule has 0 fully saturated rings. The number of aromatic hydroxyl groups is 1. The molecule has 0 spiro atoms. The largest absolute Gasteiger partial charge is 0.506 e. The summed E-state index contributed by atoms with van der Waals surface area (Å²) in [6.07, 6.45) is 4.63. The first kappa shape index (κ1) is 7.72. The first-order chi connectivity index (χ1) is 6.25. The molecule has 5 nitrogen and oxygen atoms in total. The fourth-order valence-electron chi connectivity index (χ4n) is 1.05. The van der Waals surface area contributed by atoms with Crippen molar-refractivity contribution in [3.8, 4) is 17.0 Å². The molecule has 0 saturated heterocycles. The molecule has 0 aliphatic rings. The summed E-state index contributed by atoms with van der Waals surface area (Å²) in [6.45, 7) is 0. The van der Waals surface area contributed by atoms with Gasteiger partial charge in [-0.25, -0.2) is 0 Å². The molecule has 13 heavy (non-hydrogen) atoms. The molecule has 66 valence electrons. The number of rotatable bonds is 1. The molecule has 0 atom stereocenters. The zero-order valence-electron chi connectivity index (χ0n) is 7.05. The Morgan fingerprint density at radius 2 is 2.15 bits per heavy atom. The maximum absolute atomic E-state index is 9.16. The number of hydrogen-bond acceptors (Lipinski definition) is 4. The molecule has 1 N–H and O–H groups in total. The minimum absolute atomic E-state index is 0.128. The quantitative estimate of drug-likeness (QED) is 0.690. The second-order valence-corrected chi connectivity index (χ2v) is 2.65. The van der Waals surface area contributed by atoms with Gasteiger partial charge in [-0.2, -0.15) is 15.0 Å². The minimum atomic E-state index is 0.128. The number of hydrogen-bond donors (Lipinski definition) is 1. The van der Waals surface area contributed by atoms with E-state index in [0.29, 0.717) is 5.69 Å². The summed E-state index contributed by atoms with van der Waals surface area (Å²) >= 11 is 0. The highest BCUT2D eigenvalue weighted by Gasteiger charge is 2.02. The van der Waals surface area contributed by atoms with Crippen LogP contribution in [0, 0.1) is 0 Å².